The first-order valence-electron chi connectivity index (χ1n) is 6.51. The first-order chi connectivity index (χ1) is 9.15. The van der Waals surface area contributed by atoms with Crippen LogP contribution in [-0.2, 0) is 5.75 Å². The first-order valence-corrected chi connectivity index (χ1v) is 7.50. The van der Waals surface area contributed by atoms with Crippen LogP contribution in [0.3, 0.4) is 0 Å². The number of benzene rings is 1. The van der Waals surface area contributed by atoms with E-state index in [-0.39, 0.29) is 4.75 Å². The van der Waals surface area contributed by atoms with E-state index < -0.39 is 6.09 Å². The molecule has 0 aliphatic carbocycles. The summed E-state index contributed by atoms with van der Waals surface area (Å²) in [5.41, 5.74) is 7.23. The number of carbonyl (C=O) groups is 1. The molecule has 1 saturated heterocycles. The highest BCUT2D eigenvalue weighted by atomic mass is 32.2. The monoisotopic (exact) mass is 280 g/mol. The molecule has 1 aromatic rings. The van der Waals surface area contributed by atoms with Crippen molar-refractivity contribution in [2.45, 2.75) is 23.3 Å². The molecule has 2 rings (SSSR count). The van der Waals surface area contributed by atoms with Crippen LogP contribution in [0, 0.1) is 0 Å². The quantitative estimate of drug-likeness (QED) is 0.888. The molecule has 0 atom stereocenters. The van der Waals surface area contributed by atoms with E-state index in [9.17, 15) is 4.79 Å². The average Bonchev–Trinajstić information content (AvgIpc) is 2.46. The number of carboxylic acid groups (broad SMARTS) is 1. The van der Waals surface area contributed by atoms with E-state index >= 15 is 0 Å². The lowest BCUT2D eigenvalue weighted by molar-refractivity contribution is 0.129. The van der Waals surface area contributed by atoms with Crippen LogP contribution in [0.5, 0.6) is 0 Å². The minimum Gasteiger partial charge on any atom is -0.465 e. The topological polar surface area (TPSA) is 66.6 Å². The summed E-state index contributed by atoms with van der Waals surface area (Å²) in [5.74, 6) is 0.936. The fourth-order valence-corrected chi connectivity index (χ4v) is 3.58. The second-order valence-corrected chi connectivity index (χ2v) is 6.37. The third-order valence-electron chi connectivity index (χ3n) is 3.71. The maximum Gasteiger partial charge on any atom is 0.407 e. The molecule has 1 aliphatic heterocycles. The largest absolute Gasteiger partial charge is 0.465 e. The van der Waals surface area contributed by atoms with Gasteiger partial charge in [-0.25, -0.2) is 4.79 Å². The van der Waals surface area contributed by atoms with Gasteiger partial charge in [-0.2, -0.15) is 0 Å². The molecule has 3 N–H and O–H groups in total. The molecular weight excluding hydrogens is 260 g/mol. The molecular formula is C14H20N2O2S. The lowest BCUT2D eigenvalue weighted by atomic mass is 9.96. The summed E-state index contributed by atoms with van der Waals surface area (Å²) in [4.78, 5) is 12.4. The van der Waals surface area contributed by atoms with Crippen LogP contribution in [0.25, 0.3) is 0 Å². The van der Waals surface area contributed by atoms with Crippen molar-refractivity contribution in [2.75, 3.05) is 19.6 Å². The maximum absolute atomic E-state index is 10.9. The maximum atomic E-state index is 10.9. The van der Waals surface area contributed by atoms with Gasteiger partial charge in [-0.15, -0.1) is 11.8 Å². The Morgan fingerprint density at radius 3 is 2.47 bits per heavy atom. The third kappa shape index (κ3) is 3.64. The van der Waals surface area contributed by atoms with Crippen LogP contribution in [0.2, 0.25) is 0 Å². The standard InChI is InChI=1S/C14H20N2O2S/c15-11-14(6-8-16(9-7-14)13(17)18)19-10-12-4-2-1-3-5-12/h1-5H,6-11,15H2,(H,17,18). The van der Waals surface area contributed by atoms with Crippen molar-refractivity contribution >= 4 is 17.9 Å². The van der Waals surface area contributed by atoms with Gasteiger partial charge < -0.3 is 15.7 Å². The zero-order valence-corrected chi connectivity index (χ0v) is 11.7. The van der Waals surface area contributed by atoms with Crippen molar-refractivity contribution in [1.29, 1.82) is 0 Å². The van der Waals surface area contributed by atoms with Gasteiger partial charge in [0.05, 0.1) is 0 Å². The minimum atomic E-state index is -0.821. The molecule has 1 amide bonds. The van der Waals surface area contributed by atoms with Gasteiger partial charge in [0.25, 0.3) is 0 Å². The molecule has 4 nitrogen and oxygen atoms in total. The van der Waals surface area contributed by atoms with Crippen molar-refractivity contribution < 1.29 is 9.90 Å². The highest BCUT2D eigenvalue weighted by molar-refractivity contribution is 7.99. The summed E-state index contributed by atoms with van der Waals surface area (Å²) >= 11 is 1.87. The molecule has 19 heavy (non-hydrogen) atoms. The third-order valence-corrected chi connectivity index (χ3v) is 5.37. The van der Waals surface area contributed by atoms with Crippen LogP contribution in [0.4, 0.5) is 4.79 Å². The number of hydrogen-bond acceptors (Lipinski definition) is 3. The van der Waals surface area contributed by atoms with Crippen molar-refractivity contribution in [3.8, 4) is 0 Å². The molecule has 0 aromatic heterocycles. The van der Waals surface area contributed by atoms with E-state index in [2.05, 4.69) is 12.1 Å². The van der Waals surface area contributed by atoms with Crippen molar-refractivity contribution in [2.24, 2.45) is 5.73 Å². The van der Waals surface area contributed by atoms with Gasteiger partial charge in [-0.3, -0.25) is 0 Å². The Morgan fingerprint density at radius 2 is 1.95 bits per heavy atom. The molecule has 0 bridgehead atoms. The fraction of sp³-hybridized carbons (Fsp3) is 0.500. The normalized spacial score (nSPS) is 18.3. The summed E-state index contributed by atoms with van der Waals surface area (Å²) in [5, 5.41) is 8.98. The van der Waals surface area contributed by atoms with Crippen molar-refractivity contribution in [3.05, 3.63) is 35.9 Å². The van der Waals surface area contributed by atoms with Crippen LogP contribution >= 0.6 is 11.8 Å². The molecule has 1 aliphatic rings. The second kappa shape index (κ2) is 6.30. The number of nitrogens with two attached hydrogens (primary N) is 1. The summed E-state index contributed by atoms with van der Waals surface area (Å²) in [6, 6.07) is 10.3. The van der Waals surface area contributed by atoms with E-state index in [0.717, 1.165) is 18.6 Å². The lowest BCUT2D eigenvalue weighted by Gasteiger charge is -2.39. The fourth-order valence-electron chi connectivity index (χ4n) is 2.32. The predicted molar refractivity (Wildman–Crippen MR) is 78.4 cm³/mol. The van der Waals surface area contributed by atoms with Gasteiger partial charge in [0.2, 0.25) is 0 Å². The van der Waals surface area contributed by atoms with Crippen LogP contribution in [-0.4, -0.2) is 40.5 Å². The lowest BCUT2D eigenvalue weighted by Crippen LogP contribution is -2.48. The van der Waals surface area contributed by atoms with Crippen LogP contribution in [0.1, 0.15) is 18.4 Å². The van der Waals surface area contributed by atoms with E-state index in [0.29, 0.717) is 19.6 Å². The van der Waals surface area contributed by atoms with Crippen molar-refractivity contribution in [1.82, 2.24) is 4.90 Å². The Morgan fingerprint density at radius 1 is 1.32 bits per heavy atom. The summed E-state index contributed by atoms with van der Waals surface area (Å²) in [7, 11) is 0. The van der Waals surface area contributed by atoms with Crippen LogP contribution in [0.15, 0.2) is 30.3 Å². The molecule has 0 spiro atoms. The highest BCUT2D eigenvalue weighted by Crippen LogP contribution is 2.37. The van der Waals surface area contributed by atoms with Gasteiger partial charge in [0, 0.05) is 30.1 Å². The molecule has 5 heteroatoms. The smallest absolute Gasteiger partial charge is 0.407 e. The Labute approximate surface area is 118 Å². The number of piperidine rings is 1. The van der Waals surface area contributed by atoms with Gasteiger partial charge in [-0.05, 0) is 18.4 Å². The average molecular weight is 280 g/mol. The van der Waals surface area contributed by atoms with E-state index in [1.54, 1.807) is 0 Å². The van der Waals surface area contributed by atoms with E-state index in [1.807, 2.05) is 30.0 Å². The van der Waals surface area contributed by atoms with E-state index in [4.69, 9.17) is 10.8 Å². The number of likely N-dealkylation sites (tertiary alicyclic amines) is 1. The number of nitrogens with zero attached hydrogens (tertiary/aromatic N) is 1. The van der Waals surface area contributed by atoms with Gasteiger partial charge in [0.1, 0.15) is 0 Å². The van der Waals surface area contributed by atoms with Gasteiger partial charge >= 0.3 is 6.09 Å². The predicted octanol–water partition coefficient (Wildman–Crippen LogP) is 2.39. The number of amides is 1. The van der Waals surface area contributed by atoms with Crippen LogP contribution < -0.4 is 5.73 Å². The molecule has 0 saturated carbocycles. The molecule has 1 fully saturated rings. The summed E-state index contributed by atoms with van der Waals surface area (Å²) < 4.78 is 0.0296. The second-order valence-electron chi connectivity index (χ2n) is 4.93. The Balaban J connectivity index is 1.91. The summed E-state index contributed by atoms with van der Waals surface area (Å²) in [6.45, 7) is 1.79. The Kier molecular flexibility index (Phi) is 4.71. The number of rotatable bonds is 4. The molecule has 0 unspecified atom stereocenters. The number of hydrogen-bond donors (Lipinski definition) is 2. The van der Waals surface area contributed by atoms with E-state index in [1.165, 1.54) is 10.5 Å². The molecule has 0 radical (unpaired) electrons. The zero-order chi connectivity index (χ0) is 13.7. The molecule has 104 valence electrons. The Hall–Kier alpha value is -1.20. The van der Waals surface area contributed by atoms with Gasteiger partial charge in [0.15, 0.2) is 0 Å². The first kappa shape index (κ1) is 14.2. The highest BCUT2D eigenvalue weighted by Gasteiger charge is 2.35. The zero-order valence-electron chi connectivity index (χ0n) is 10.9. The Bertz CT molecular complexity index is 417. The molecule has 1 heterocycles. The minimum absolute atomic E-state index is 0.0296. The molecule has 1 aromatic carbocycles. The SMILES string of the molecule is NCC1(SCc2ccccc2)CCN(C(=O)O)CC1. The summed E-state index contributed by atoms with van der Waals surface area (Å²) in [6.07, 6.45) is 0.860. The van der Waals surface area contributed by atoms with Gasteiger partial charge in [-0.1, -0.05) is 30.3 Å². The van der Waals surface area contributed by atoms with Crippen molar-refractivity contribution in [3.63, 3.8) is 0 Å². The number of thioether (sulfide) groups is 1.